The molecular formula is C16H13N3O3S. The third kappa shape index (κ3) is 3.64. The lowest BCUT2D eigenvalue weighted by Gasteiger charge is -2.03. The molecule has 0 radical (unpaired) electrons. The lowest BCUT2D eigenvalue weighted by Crippen LogP contribution is -2.07. The van der Waals surface area contributed by atoms with Gasteiger partial charge in [-0.05, 0) is 29.7 Å². The van der Waals surface area contributed by atoms with E-state index in [4.69, 9.17) is 9.15 Å². The second kappa shape index (κ2) is 6.89. The molecule has 0 fully saturated rings. The first-order valence-electron chi connectivity index (χ1n) is 6.76. The SMILES string of the molecule is COc1ccccc1-c1nnc(NC(=O)/C=C/c2cccs2)o1. The molecule has 3 aromatic rings. The van der Waals surface area contributed by atoms with Crippen molar-refractivity contribution in [3.8, 4) is 17.2 Å². The first kappa shape index (κ1) is 15.0. The fourth-order valence-electron chi connectivity index (χ4n) is 1.89. The van der Waals surface area contributed by atoms with Gasteiger partial charge < -0.3 is 9.15 Å². The number of hydrogen-bond acceptors (Lipinski definition) is 6. The minimum Gasteiger partial charge on any atom is -0.496 e. The van der Waals surface area contributed by atoms with Crippen LogP contribution in [0.25, 0.3) is 17.5 Å². The fraction of sp³-hybridized carbons (Fsp3) is 0.0625. The molecule has 2 aromatic heterocycles. The van der Waals surface area contributed by atoms with E-state index < -0.39 is 0 Å². The molecular weight excluding hydrogens is 314 g/mol. The number of nitrogens with zero attached hydrogens (tertiary/aromatic N) is 2. The van der Waals surface area contributed by atoms with E-state index in [0.717, 1.165) is 4.88 Å². The third-order valence-corrected chi connectivity index (χ3v) is 3.77. The van der Waals surface area contributed by atoms with Crippen LogP contribution >= 0.6 is 11.3 Å². The van der Waals surface area contributed by atoms with Crippen molar-refractivity contribution in [3.05, 3.63) is 52.7 Å². The van der Waals surface area contributed by atoms with Crippen molar-refractivity contribution in [1.29, 1.82) is 0 Å². The van der Waals surface area contributed by atoms with Crippen LogP contribution in [0, 0.1) is 0 Å². The van der Waals surface area contributed by atoms with Gasteiger partial charge in [0.2, 0.25) is 0 Å². The summed E-state index contributed by atoms with van der Waals surface area (Å²) in [6.07, 6.45) is 3.14. The summed E-state index contributed by atoms with van der Waals surface area (Å²) >= 11 is 1.54. The van der Waals surface area contributed by atoms with E-state index in [1.165, 1.54) is 6.08 Å². The quantitative estimate of drug-likeness (QED) is 0.726. The van der Waals surface area contributed by atoms with Crippen LogP contribution in [0.5, 0.6) is 5.75 Å². The first-order valence-corrected chi connectivity index (χ1v) is 7.63. The summed E-state index contributed by atoms with van der Waals surface area (Å²) in [5.41, 5.74) is 0.664. The van der Waals surface area contributed by atoms with E-state index >= 15 is 0 Å². The van der Waals surface area contributed by atoms with Crippen molar-refractivity contribution in [2.24, 2.45) is 0 Å². The van der Waals surface area contributed by atoms with Crippen LogP contribution in [0.2, 0.25) is 0 Å². The Morgan fingerprint density at radius 1 is 1.26 bits per heavy atom. The van der Waals surface area contributed by atoms with Crippen molar-refractivity contribution >= 4 is 29.3 Å². The molecule has 3 rings (SSSR count). The fourth-order valence-corrected chi connectivity index (χ4v) is 2.51. The second-order valence-electron chi connectivity index (χ2n) is 4.45. The molecule has 7 heteroatoms. The average Bonchev–Trinajstić information content (AvgIpc) is 3.24. The summed E-state index contributed by atoms with van der Waals surface area (Å²) < 4.78 is 10.7. The van der Waals surface area contributed by atoms with E-state index in [0.29, 0.717) is 11.3 Å². The molecule has 0 saturated carbocycles. The van der Waals surface area contributed by atoms with Gasteiger partial charge in [0.1, 0.15) is 5.75 Å². The van der Waals surface area contributed by atoms with Crippen LogP contribution in [0.3, 0.4) is 0 Å². The van der Waals surface area contributed by atoms with E-state index in [2.05, 4.69) is 15.5 Å². The summed E-state index contributed by atoms with van der Waals surface area (Å²) in [6, 6.07) is 11.1. The van der Waals surface area contributed by atoms with Crippen molar-refractivity contribution in [3.63, 3.8) is 0 Å². The Balaban J connectivity index is 1.71. The zero-order valence-electron chi connectivity index (χ0n) is 12.2. The number of hydrogen-bond donors (Lipinski definition) is 1. The molecule has 0 aliphatic rings. The molecule has 0 aliphatic carbocycles. The Hall–Kier alpha value is -2.93. The van der Waals surface area contributed by atoms with Crippen molar-refractivity contribution in [1.82, 2.24) is 10.2 Å². The number of carbonyl (C=O) groups is 1. The number of amides is 1. The maximum atomic E-state index is 11.8. The number of para-hydroxylation sites is 1. The number of benzene rings is 1. The molecule has 116 valence electrons. The Morgan fingerprint density at radius 3 is 2.91 bits per heavy atom. The minimum absolute atomic E-state index is 0.0340. The highest BCUT2D eigenvalue weighted by atomic mass is 32.1. The van der Waals surface area contributed by atoms with Gasteiger partial charge in [0.15, 0.2) is 0 Å². The highest BCUT2D eigenvalue weighted by molar-refractivity contribution is 7.10. The summed E-state index contributed by atoms with van der Waals surface area (Å²) in [5.74, 6) is 0.556. The highest BCUT2D eigenvalue weighted by Crippen LogP contribution is 2.29. The number of aromatic nitrogens is 2. The van der Waals surface area contributed by atoms with Crippen molar-refractivity contribution in [2.75, 3.05) is 12.4 Å². The monoisotopic (exact) mass is 327 g/mol. The molecule has 0 saturated heterocycles. The molecule has 0 unspecified atom stereocenters. The van der Waals surface area contributed by atoms with Gasteiger partial charge in [0, 0.05) is 11.0 Å². The number of ether oxygens (including phenoxy) is 1. The van der Waals surface area contributed by atoms with Gasteiger partial charge in [-0.1, -0.05) is 23.3 Å². The Morgan fingerprint density at radius 2 is 2.13 bits per heavy atom. The molecule has 2 heterocycles. The van der Waals surface area contributed by atoms with Crippen LogP contribution in [-0.2, 0) is 4.79 Å². The number of thiophene rings is 1. The summed E-state index contributed by atoms with van der Waals surface area (Å²) in [4.78, 5) is 12.8. The maximum Gasteiger partial charge on any atom is 0.322 e. The molecule has 1 amide bonds. The molecule has 0 aliphatic heterocycles. The van der Waals surface area contributed by atoms with E-state index in [9.17, 15) is 4.79 Å². The molecule has 0 atom stereocenters. The first-order chi connectivity index (χ1) is 11.3. The van der Waals surface area contributed by atoms with E-state index in [1.54, 1.807) is 36.7 Å². The van der Waals surface area contributed by atoms with E-state index in [1.807, 2.05) is 29.6 Å². The van der Waals surface area contributed by atoms with Gasteiger partial charge >= 0.3 is 6.01 Å². The lowest BCUT2D eigenvalue weighted by molar-refractivity contribution is -0.112. The predicted octanol–water partition coefficient (Wildman–Crippen LogP) is 3.46. The standard InChI is InChI=1S/C16H13N3O3S/c1-21-13-7-3-2-6-12(13)15-18-19-16(22-15)17-14(20)9-8-11-5-4-10-23-11/h2-10H,1H3,(H,17,19,20)/b9-8+. The van der Waals surface area contributed by atoms with Gasteiger partial charge in [-0.25, -0.2) is 0 Å². The number of nitrogens with one attached hydrogen (secondary N) is 1. The molecule has 1 aromatic carbocycles. The summed E-state index contributed by atoms with van der Waals surface area (Å²) in [7, 11) is 1.56. The third-order valence-electron chi connectivity index (χ3n) is 2.93. The van der Waals surface area contributed by atoms with Crippen LogP contribution in [-0.4, -0.2) is 23.2 Å². The maximum absolute atomic E-state index is 11.8. The summed E-state index contributed by atoms with van der Waals surface area (Å²) in [5, 5.41) is 12.2. The number of methoxy groups -OCH3 is 1. The minimum atomic E-state index is -0.339. The average molecular weight is 327 g/mol. The molecule has 0 spiro atoms. The van der Waals surface area contributed by atoms with Gasteiger partial charge in [0.25, 0.3) is 11.8 Å². The molecule has 23 heavy (non-hydrogen) atoms. The molecule has 6 nitrogen and oxygen atoms in total. The zero-order chi connectivity index (χ0) is 16.1. The van der Waals surface area contributed by atoms with Crippen LogP contribution in [0.15, 0.2) is 52.3 Å². The van der Waals surface area contributed by atoms with Crippen LogP contribution < -0.4 is 10.1 Å². The van der Waals surface area contributed by atoms with Crippen LogP contribution in [0.1, 0.15) is 4.88 Å². The van der Waals surface area contributed by atoms with E-state index in [-0.39, 0.29) is 17.8 Å². The smallest absolute Gasteiger partial charge is 0.322 e. The van der Waals surface area contributed by atoms with Crippen molar-refractivity contribution in [2.45, 2.75) is 0 Å². The lowest BCUT2D eigenvalue weighted by atomic mass is 10.2. The predicted molar refractivity (Wildman–Crippen MR) is 88.3 cm³/mol. The second-order valence-corrected chi connectivity index (χ2v) is 5.43. The van der Waals surface area contributed by atoms with Crippen LogP contribution in [0.4, 0.5) is 6.01 Å². The zero-order valence-corrected chi connectivity index (χ0v) is 13.0. The van der Waals surface area contributed by atoms with Gasteiger partial charge in [0.05, 0.1) is 12.7 Å². The number of anilines is 1. The molecule has 0 bridgehead atoms. The van der Waals surface area contributed by atoms with Gasteiger partial charge in [-0.2, -0.15) is 0 Å². The highest BCUT2D eigenvalue weighted by Gasteiger charge is 2.13. The van der Waals surface area contributed by atoms with Gasteiger partial charge in [-0.15, -0.1) is 16.4 Å². The van der Waals surface area contributed by atoms with Crippen molar-refractivity contribution < 1.29 is 13.9 Å². The summed E-state index contributed by atoms with van der Waals surface area (Å²) in [6.45, 7) is 0. The number of carbonyl (C=O) groups excluding carboxylic acids is 1. The number of rotatable bonds is 5. The molecule has 1 N–H and O–H groups in total. The largest absolute Gasteiger partial charge is 0.496 e. The Bertz CT molecular complexity index is 825. The topological polar surface area (TPSA) is 77.3 Å². The van der Waals surface area contributed by atoms with Gasteiger partial charge in [-0.3, -0.25) is 10.1 Å². The Labute approximate surface area is 136 Å². The Kier molecular flexibility index (Phi) is 4.49. The normalized spacial score (nSPS) is 10.8.